The van der Waals surface area contributed by atoms with E-state index in [1.807, 2.05) is 24.3 Å². The summed E-state index contributed by atoms with van der Waals surface area (Å²) in [4.78, 5) is 4.01. The molecule has 0 atom stereocenters. The van der Waals surface area contributed by atoms with E-state index in [1.54, 1.807) is 13.3 Å². The fourth-order valence-electron chi connectivity index (χ4n) is 1.34. The van der Waals surface area contributed by atoms with Gasteiger partial charge >= 0.3 is 0 Å². The van der Waals surface area contributed by atoms with Crippen molar-refractivity contribution < 1.29 is 4.74 Å². The van der Waals surface area contributed by atoms with Gasteiger partial charge in [0, 0.05) is 11.6 Å². The third-order valence-electron chi connectivity index (χ3n) is 1.97. The van der Waals surface area contributed by atoms with Crippen LogP contribution in [0.3, 0.4) is 0 Å². The molecule has 2 N–H and O–H groups in total. The van der Waals surface area contributed by atoms with E-state index in [0.717, 1.165) is 16.5 Å². The third-order valence-corrected chi connectivity index (χ3v) is 1.97. The number of methoxy groups -OCH3 is 1. The number of hydrogen-bond acceptors (Lipinski definition) is 3. The number of nitrogen functional groups attached to an aromatic ring is 1. The predicted molar refractivity (Wildman–Crippen MR) is 52.7 cm³/mol. The molecule has 3 nitrogen and oxygen atoms in total. The molecular formula is C10H10N2O. The summed E-state index contributed by atoms with van der Waals surface area (Å²) < 4.78 is 5.19. The van der Waals surface area contributed by atoms with Gasteiger partial charge in [0.25, 0.3) is 0 Å². The Morgan fingerprint density at radius 1 is 1.38 bits per heavy atom. The molecule has 0 aliphatic heterocycles. The summed E-state index contributed by atoms with van der Waals surface area (Å²) in [6.45, 7) is 0. The van der Waals surface area contributed by atoms with E-state index < -0.39 is 0 Å². The Bertz CT molecular complexity index is 440. The second kappa shape index (κ2) is 2.94. The minimum Gasteiger partial charge on any atom is -0.496 e. The number of fused-ring (bicyclic) bond motifs is 1. The van der Waals surface area contributed by atoms with Crippen LogP contribution in [0.25, 0.3) is 10.8 Å². The van der Waals surface area contributed by atoms with Crippen LogP contribution in [0.4, 0.5) is 5.82 Å². The minimum absolute atomic E-state index is 0.528. The molecule has 0 saturated heterocycles. The number of nitrogens with two attached hydrogens (primary N) is 1. The SMILES string of the molecule is COc1cccc2cc(N)ncc12. The van der Waals surface area contributed by atoms with Gasteiger partial charge in [-0.2, -0.15) is 0 Å². The highest BCUT2D eigenvalue weighted by Crippen LogP contribution is 2.24. The minimum atomic E-state index is 0.528. The molecule has 66 valence electrons. The van der Waals surface area contributed by atoms with E-state index in [1.165, 1.54) is 0 Å². The van der Waals surface area contributed by atoms with Crippen molar-refractivity contribution in [1.29, 1.82) is 0 Å². The summed E-state index contributed by atoms with van der Waals surface area (Å²) in [7, 11) is 1.64. The number of anilines is 1. The molecule has 0 amide bonds. The molecule has 0 spiro atoms. The Balaban J connectivity index is 2.77. The van der Waals surface area contributed by atoms with Gasteiger partial charge in [-0.15, -0.1) is 0 Å². The summed E-state index contributed by atoms with van der Waals surface area (Å²) in [6.07, 6.45) is 1.73. The molecule has 0 radical (unpaired) electrons. The molecule has 0 unspecified atom stereocenters. The van der Waals surface area contributed by atoms with Gasteiger partial charge in [-0.1, -0.05) is 12.1 Å². The third kappa shape index (κ3) is 1.28. The molecule has 1 heterocycles. The van der Waals surface area contributed by atoms with Crippen LogP contribution >= 0.6 is 0 Å². The zero-order valence-corrected chi connectivity index (χ0v) is 7.32. The quantitative estimate of drug-likeness (QED) is 0.717. The summed E-state index contributed by atoms with van der Waals surface area (Å²) >= 11 is 0. The average molecular weight is 174 g/mol. The first-order valence-electron chi connectivity index (χ1n) is 3.99. The van der Waals surface area contributed by atoms with E-state index in [4.69, 9.17) is 10.5 Å². The van der Waals surface area contributed by atoms with Gasteiger partial charge in [-0.25, -0.2) is 4.98 Å². The molecule has 0 fully saturated rings. The highest BCUT2D eigenvalue weighted by Gasteiger charge is 2.00. The van der Waals surface area contributed by atoms with Crippen molar-refractivity contribution in [2.24, 2.45) is 0 Å². The standard InChI is InChI=1S/C10H10N2O/c1-13-9-4-2-3-7-5-10(11)12-6-8(7)9/h2-6H,1H3,(H2,11,12). The van der Waals surface area contributed by atoms with Gasteiger partial charge in [-0.3, -0.25) is 0 Å². The van der Waals surface area contributed by atoms with Crippen molar-refractivity contribution in [1.82, 2.24) is 4.98 Å². The van der Waals surface area contributed by atoms with Crippen molar-refractivity contribution in [2.45, 2.75) is 0 Å². The first-order valence-corrected chi connectivity index (χ1v) is 3.99. The fraction of sp³-hybridized carbons (Fsp3) is 0.100. The van der Waals surface area contributed by atoms with Gasteiger partial charge in [0.15, 0.2) is 0 Å². The Morgan fingerprint density at radius 3 is 3.00 bits per heavy atom. The zero-order valence-electron chi connectivity index (χ0n) is 7.32. The van der Waals surface area contributed by atoms with Crippen LogP contribution < -0.4 is 10.5 Å². The van der Waals surface area contributed by atoms with Gasteiger partial charge in [0.05, 0.1) is 7.11 Å². The maximum Gasteiger partial charge on any atom is 0.128 e. The zero-order chi connectivity index (χ0) is 9.26. The number of aromatic nitrogens is 1. The highest BCUT2D eigenvalue weighted by molar-refractivity contribution is 5.88. The van der Waals surface area contributed by atoms with Crippen molar-refractivity contribution >= 4 is 16.6 Å². The molecule has 2 rings (SSSR count). The van der Waals surface area contributed by atoms with Gasteiger partial charge in [0.1, 0.15) is 11.6 Å². The van der Waals surface area contributed by atoms with Crippen LogP contribution in [0.2, 0.25) is 0 Å². The van der Waals surface area contributed by atoms with E-state index in [2.05, 4.69) is 4.98 Å². The van der Waals surface area contributed by atoms with Crippen molar-refractivity contribution in [3.8, 4) is 5.75 Å². The molecule has 2 aromatic rings. The monoisotopic (exact) mass is 174 g/mol. The van der Waals surface area contributed by atoms with Crippen LogP contribution in [-0.2, 0) is 0 Å². The number of pyridine rings is 1. The molecule has 13 heavy (non-hydrogen) atoms. The molecule has 0 saturated carbocycles. The van der Waals surface area contributed by atoms with E-state index in [0.29, 0.717) is 5.82 Å². The fourth-order valence-corrected chi connectivity index (χ4v) is 1.34. The van der Waals surface area contributed by atoms with Crippen LogP contribution in [0.5, 0.6) is 5.75 Å². The van der Waals surface area contributed by atoms with Crippen LogP contribution in [0.1, 0.15) is 0 Å². The van der Waals surface area contributed by atoms with Crippen LogP contribution in [0.15, 0.2) is 30.5 Å². The largest absolute Gasteiger partial charge is 0.496 e. The van der Waals surface area contributed by atoms with Crippen molar-refractivity contribution in [3.63, 3.8) is 0 Å². The number of rotatable bonds is 1. The molecule has 1 aromatic heterocycles. The van der Waals surface area contributed by atoms with Gasteiger partial charge < -0.3 is 10.5 Å². The molecule has 3 heteroatoms. The Hall–Kier alpha value is -1.77. The molecular weight excluding hydrogens is 164 g/mol. The first kappa shape index (κ1) is 7.86. The smallest absolute Gasteiger partial charge is 0.128 e. The lowest BCUT2D eigenvalue weighted by molar-refractivity contribution is 0.419. The molecule has 0 bridgehead atoms. The number of ether oxygens (including phenoxy) is 1. The normalized spacial score (nSPS) is 10.2. The Kier molecular flexibility index (Phi) is 1.77. The second-order valence-electron chi connectivity index (χ2n) is 2.79. The van der Waals surface area contributed by atoms with E-state index >= 15 is 0 Å². The lowest BCUT2D eigenvalue weighted by Gasteiger charge is -2.04. The first-order chi connectivity index (χ1) is 6.31. The summed E-state index contributed by atoms with van der Waals surface area (Å²) in [6, 6.07) is 7.65. The summed E-state index contributed by atoms with van der Waals surface area (Å²) in [5.74, 6) is 1.35. The predicted octanol–water partition coefficient (Wildman–Crippen LogP) is 1.83. The number of benzene rings is 1. The van der Waals surface area contributed by atoms with Gasteiger partial charge in [-0.05, 0) is 17.5 Å². The number of hydrogen-bond donors (Lipinski definition) is 1. The van der Waals surface area contributed by atoms with E-state index in [-0.39, 0.29) is 0 Å². The Morgan fingerprint density at radius 2 is 2.23 bits per heavy atom. The van der Waals surface area contributed by atoms with Crippen LogP contribution in [0, 0.1) is 0 Å². The molecule has 0 aliphatic carbocycles. The highest BCUT2D eigenvalue weighted by atomic mass is 16.5. The van der Waals surface area contributed by atoms with E-state index in [9.17, 15) is 0 Å². The lowest BCUT2D eigenvalue weighted by atomic mass is 10.1. The average Bonchev–Trinajstić information content (AvgIpc) is 2.16. The van der Waals surface area contributed by atoms with Crippen LogP contribution in [-0.4, -0.2) is 12.1 Å². The maximum absolute atomic E-state index is 5.56. The van der Waals surface area contributed by atoms with Gasteiger partial charge in [0.2, 0.25) is 0 Å². The summed E-state index contributed by atoms with van der Waals surface area (Å²) in [5.41, 5.74) is 5.56. The maximum atomic E-state index is 5.56. The Labute approximate surface area is 76.2 Å². The number of nitrogens with zero attached hydrogens (tertiary/aromatic N) is 1. The topological polar surface area (TPSA) is 48.1 Å². The van der Waals surface area contributed by atoms with Crippen molar-refractivity contribution in [2.75, 3.05) is 12.8 Å². The van der Waals surface area contributed by atoms with Crippen molar-refractivity contribution in [3.05, 3.63) is 30.5 Å². The second-order valence-corrected chi connectivity index (χ2v) is 2.79. The lowest BCUT2D eigenvalue weighted by Crippen LogP contribution is -1.90. The summed E-state index contributed by atoms with van der Waals surface area (Å²) in [5, 5.41) is 2.03. The molecule has 0 aliphatic rings. The molecule has 1 aromatic carbocycles.